The second kappa shape index (κ2) is 9.91. The van der Waals surface area contributed by atoms with Gasteiger partial charge in [-0.3, -0.25) is 19.7 Å². The third kappa shape index (κ3) is 5.49. The van der Waals surface area contributed by atoms with Crippen molar-refractivity contribution in [2.24, 2.45) is 0 Å². The van der Waals surface area contributed by atoms with Crippen molar-refractivity contribution < 1.29 is 4.79 Å². The lowest BCUT2D eigenvalue weighted by molar-refractivity contribution is 0.0953. The molecule has 4 rings (SSSR count). The first kappa shape index (κ1) is 20.6. The van der Waals surface area contributed by atoms with Crippen molar-refractivity contribution in [3.05, 3.63) is 75.8 Å². The highest BCUT2D eigenvalue weighted by Gasteiger charge is 2.23. The van der Waals surface area contributed by atoms with Crippen LogP contribution in [0.5, 0.6) is 0 Å². The van der Waals surface area contributed by atoms with Gasteiger partial charge in [-0.2, -0.15) is 0 Å². The second-order valence-corrected chi connectivity index (χ2v) is 9.06. The topological polar surface area (TPSA) is 71.0 Å². The minimum atomic E-state index is -0.0808. The number of hydrogen-bond acceptors (Lipinski definition) is 6. The maximum Gasteiger partial charge on any atom is 0.252 e. The number of likely N-dealkylation sites (tertiary alicyclic amines) is 1. The van der Waals surface area contributed by atoms with Crippen molar-refractivity contribution in [1.82, 2.24) is 25.2 Å². The standard InChI is InChI=1S/C23H27N5OS/c1-17-13-27-22(30-17)9-11-25-23(29)18-7-8-21(26-14-18)19-5-4-12-28(15-19)16-20-6-2-3-10-24-20/h2-3,6-8,10,13-14,19H,4-5,9,11-12,15-16H2,1H3,(H,25,29)/t19-/m0/s1. The van der Waals surface area contributed by atoms with Gasteiger partial charge in [-0.15, -0.1) is 11.3 Å². The number of hydrogen-bond donors (Lipinski definition) is 1. The Labute approximate surface area is 181 Å². The van der Waals surface area contributed by atoms with E-state index in [0.29, 0.717) is 18.0 Å². The van der Waals surface area contributed by atoms with E-state index in [1.165, 1.54) is 4.88 Å². The number of piperidine rings is 1. The first-order chi connectivity index (χ1) is 14.7. The fourth-order valence-electron chi connectivity index (χ4n) is 3.84. The Hall–Kier alpha value is -2.64. The fraction of sp³-hybridized carbons (Fsp3) is 0.391. The number of rotatable bonds is 7. The third-order valence-corrected chi connectivity index (χ3v) is 6.35. The monoisotopic (exact) mass is 421 g/mol. The molecule has 0 aliphatic carbocycles. The molecule has 4 heterocycles. The van der Waals surface area contributed by atoms with Gasteiger partial charge in [0.05, 0.1) is 16.3 Å². The van der Waals surface area contributed by atoms with E-state index >= 15 is 0 Å². The zero-order valence-electron chi connectivity index (χ0n) is 17.3. The molecule has 1 fully saturated rings. The third-order valence-electron chi connectivity index (χ3n) is 5.38. The Balaban J connectivity index is 1.29. The van der Waals surface area contributed by atoms with Crippen LogP contribution in [0.3, 0.4) is 0 Å². The maximum absolute atomic E-state index is 12.4. The number of nitrogens with one attached hydrogen (secondary N) is 1. The summed E-state index contributed by atoms with van der Waals surface area (Å²) in [5.41, 5.74) is 2.77. The average Bonchev–Trinajstić information content (AvgIpc) is 3.20. The van der Waals surface area contributed by atoms with E-state index in [4.69, 9.17) is 0 Å². The van der Waals surface area contributed by atoms with Gasteiger partial charge in [-0.1, -0.05) is 6.07 Å². The summed E-state index contributed by atoms with van der Waals surface area (Å²) in [7, 11) is 0. The Kier molecular flexibility index (Phi) is 6.81. The van der Waals surface area contributed by atoms with Crippen LogP contribution in [0.2, 0.25) is 0 Å². The van der Waals surface area contributed by atoms with Gasteiger partial charge in [0.25, 0.3) is 5.91 Å². The van der Waals surface area contributed by atoms with E-state index in [2.05, 4.69) is 31.2 Å². The van der Waals surface area contributed by atoms with Crippen molar-refractivity contribution in [2.75, 3.05) is 19.6 Å². The summed E-state index contributed by atoms with van der Waals surface area (Å²) in [5, 5.41) is 4.01. The van der Waals surface area contributed by atoms with Gasteiger partial charge >= 0.3 is 0 Å². The van der Waals surface area contributed by atoms with Crippen LogP contribution in [-0.2, 0) is 13.0 Å². The minimum Gasteiger partial charge on any atom is -0.352 e. The second-order valence-electron chi connectivity index (χ2n) is 7.74. The summed E-state index contributed by atoms with van der Waals surface area (Å²) in [5.74, 6) is 0.315. The van der Waals surface area contributed by atoms with Crippen LogP contribution >= 0.6 is 11.3 Å². The molecule has 1 saturated heterocycles. The molecule has 1 aliphatic rings. The summed E-state index contributed by atoms with van der Waals surface area (Å²) < 4.78 is 0. The number of carbonyl (C=O) groups is 1. The van der Waals surface area contributed by atoms with Gasteiger partial charge in [-0.05, 0) is 50.6 Å². The molecule has 3 aromatic heterocycles. The maximum atomic E-state index is 12.4. The molecule has 0 bridgehead atoms. The Morgan fingerprint density at radius 2 is 2.13 bits per heavy atom. The number of aryl methyl sites for hydroxylation is 1. The largest absolute Gasteiger partial charge is 0.352 e. The molecule has 1 atom stereocenters. The first-order valence-electron chi connectivity index (χ1n) is 10.4. The number of nitrogens with zero attached hydrogens (tertiary/aromatic N) is 4. The summed E-state index contributed by atoms with van der Waals surface area (Å²) in [4.78, 5) is 29.4. The molecule has 0 aromatic carbocycles. The van der Waals surface area contributed by atoms with Gasteiger partial charge in [-0.25, -0.2) is 4.98 Å². The molecule has 30 heavy (non-hydrogen) atoms. The highest BCUT2D eigenvalue weighted by Crippen LogP contribution is 2.26. The van der Waals surface area contributed by atoms with Crippen molar-refractivity contribution in [3.63, 3.8) is 0 Å². The van der Waals surface area contributed by atoms with E-state index in [9.17, 15) is 4.79 Å². The molecule has 3 aromatic rings. The molecule has 1 N–H and O–H groups in total. The zero-order valence-corrected chi connectivity index (χ0v) is 18.1. The van der Waals surface area contributed by atoms with Crippen LogP contribution in [0.25, 0.3) is 0 Å². The fourth-order valence-corrected chi connectivity index (χ4v) is 4.63. The molecule has 0 saturated carbocycles. The number of amides is 1. The Morgan fingerprint density at radius 3 is 2.87 bits per heavy atom. The Morgan fingerprint density at radius 1 is 1.20 bits per heavy atom. The number of carbonyl (C=O) groups excluding carboxylic acids is 1. The lowest BCUT2D eigenvalue weighted by Gasteiger charge is -2.32. The predicted molar refractivity (Wildman–Crippen MR) is 119 cm³/mol. The van der Waals surface area contributed by atoms with Crippen molar-refractivity contribution in [1.29, 1.82) is 0 Å². The van der Waals surface area contributed by atoms with Gasteiger partial charge in [0.1, 0.15) is 0 Å². The number of aromatic nitrogens is 3. The van der Waals surface area contributed by atoms with Crippen LogP contribution in [0, 0.1) is 6.92 Å². The van der Waals surface area contributed by atoms with Crippen molar-refractivity contribution in [3.8, 4) is 0 Å². The average molecular weight is 422 g/mol. The van der Waals surface area contributed by atoms with Crippen molar-refractivity contribution >= 4 is 17.2 Å². The summed E-state index contributed by atoms with van der Waals surface area (Å²) in [6.07, 6.45) is 8.45. The van der Waals surface area contributed by atoms with Crippen LogP contribution in [0.1, 0.15) is 50.4 Å². The summed E-state index contributed by atoms with van der Waals surface area (Å²) in [6, 6.07) is 9.96. The molecule has 7 heteroatoms. The highest BCUT2D eigenvalue weighted by atomic mass is 32.1. The number of pyridine rings is 2. The van der Waals surface area contributed by atoms with E-state index in [1.54, 1.807) is 17.5 Å². The number of thiazole rings is 1. The Bertz CT molecular complexity index is 957. The van der Waals surface area contributed by atoms with Crippen LogP contribution in [0.4, 0.5) is 0 Å². The molecule has 0 radical (unpaired) electrons. The SMILES string of the molecule is Cc1cnc(CCNC(=O)c2ccc([C@H]3CCCN(Cc4ccccn4)C3)nc2)s1. The lowest BCUT2D eigenvalue weighted by atomic mass is 9.94. The summed E-state index contributed by atoms with van der Waals surface area (Å²) >= 11 is 1.67. The van der Waals surface area contributed by atoms with Gasteiger partial charge in [0.15, 0.2) is 0 Å². The van der Waals surface area contributed by atoms with Crippen LogP contribution < -0.4 is 5.32 Å². The molecule has 156 valence electrons. The molecule has 1 amide bonds. The molecule has 1 aliphatic heterocycles. The van der Waals surface area contributed by atoms with Crippen LogP contribution in [-0.4, -0.2) is 45.4 Å². The van der Waals surface area contributed by atoms with E-state index in [1.807, 2.05) is 43.6 Å². The molecular formula is C23H27N5OS. The summed E-state index contributed by atoms with van der Waals surface area (Å²) in [6.45, 7) is 5.56. The van der Waals surface area contributed by atoms with E-state index < -0.39 is 0 Å². The predicted octanol–water partition coefficient (Wildman–Crippen LogP) is 3.59. The quantitative estimate of drug-likeness (QED) is 0.631. The lowest BCUT2D eigenvalue weighted by Crippen LogP contribution is -2.34. The van der Waals surface area contributed by atoms with Gasteiger partial charge in [0.2, 0.25) is 0 Å². The molecule has 0 spiro atoms. The smallest absolute Gasteiger partial charge is 0.252 e. The zero-order chi connectivity index (χ0) is 20.8. The minimum absolute atomic E-state index is 0.0808. The van der Waals surface area contributed by atoms with Gasteiger partial charge in [0, 0.05) is 61.1 Å². The van der Waals surface area contributed by atoms with Crippen molar-refractivity contribution in [2.45, 2.75) is 38.6 Å². The normalized spacial score (nSPS) is 17.0. The van der Waals surface area contributed by atoms with E-state index in [0.717, 1.165) is 55.3 Å². The van der Waals surface area contributed by atoms with E-state index in [-0.39, 0.29) is 5.91 Å². The van der Waals surface area contributed by atoms with Crippen LogP contribution in [0.15, 0.2) is 48.9 Å². The van der Waals surface area contributed by atoms with Gasteiger partial charge < -0.3 is 5.32 Å². The molecule has 0 unspecified atom stereocenters. The molecular weight excluding hydrogens is 394 g/mol. The highest BCUT2D eigenvalue weighted by molar-refractivity contribution is 7.11. The molecule has 6 nitrogen and oxygen atoms in total. The first-order valence-corrected chi connectivity index (χ1v) is 11.3.